The zero-order valence-electron chi connectivity index (χ0n) is 13.8. The molecule has 0 aromatic heterocycles. The fraction of sp³-hybridized carbons (Fsp3) is 0.158. The predicted molar refractivity (Wildman–Crippen MR) is 96.2 cm³/mol. The lowest BCUT2D eigenvalue weighted by molar-refractivity contribution is -0.129. The maximum atomic E-state index is 12.1. The number of rotatable bonds is 5. The minimum atomic E-state index is -0.524. The highest BCUT2D eigenvalue weighted by Crippen LogP contribution is 2.30. The van der Waals surface area contributed by atoms with E-state index in [1.165, 1.54) is 0 Å². The molecule has 0 spiro atoms. The third kappa shape index (κ3) is 3.67. The van der Waals surface area contributed by atoms with E-state index in [1.54, 1.807) is 49.6 Å². The van der Waals surface area contributed by atoms with Crippen molar-refractivity contribution in [2.45, 2.75) is 6.92 Å². The Morgan fingerprint density at radius 2 is 2.00 bits per heavy atom. The van der Waals surface area contributed by atoms with Gasteiger partial charge in [-0.15, -0.1) is 0 Å². The lowest BCUT2D eigenvalue weighted by Crippen LogP contribution is -2.05. The molecule has 1 heterocycles. The van der Waals surface area contributed by atoms with Crippen LogP contribution in [-0.2, 0) is 9.53 Å². The first kappa shape index (κ1) is 17.0. The van der Waals surface area contributed by atoms with Gasteiger partial charge in [-0.25, -0.2) is 9.79 Å². The number of halogens is 1. The Morgan fingerprint density at radius 3 is 2.72 bits per heavy atom. The Labute approximate surface area is 150 Å². The van der Waals surface area contributed by atoms with Gasteiger partial charge in [0.2, 0.25) is 5.90 Å². The molecule has 3 rings (SSSR count). The minimum absolute atomic E-state index is 0.195. The highest BCUT2D eigenvalue weighted by molar-refractivity contribution is 6.34. The van der Waals surface area contributed by atoms with E-state index in [0.717, 1.165) is 5.56 Å². The van der Waals surface area contributed by atoms with Gasteiger partial charge in [0.15, 0.2) is 17.2 Å². The first-order valence-electron chi connectivity index (χ1n) is 7.70. The van der Waals surface area contributed by atoms with Gasteiger partial charge in [0.1, 0.15) is 0 Å². The summed E-state index contributed by atoms with van der Waals surface area (Å²) >= 11 is 6.13. The van der Waals surface area contributed by atoms with E-state index in [1.807, 2.05) is 13.0 Å². The number of carbonyl (C=O) groups excluding carboxylic acids is 1. The maximum absolute atomic E-state index is 12.1. The molecule has 0 amide bonds. The van der Waals surface area contributed by atoms with E-state index in [4.69, 9.17) is 25.8 Å². The maximum Gasteiger partial charge on any atom is 0.363 e. The van der Waals surface area contributed by atoms with Gasteiger partial charge in [-0.3, -0.25) is 0 Å². The van der Waals surface area contributed by atoms with Gasteiger partial charge in [0.05, 0.1) is 24.3 Å². The zero-order chi connectivity index (χ0) is 17.8. The van der Waals surface area contributed by atoms with Crippen molar-refractivity contribution in [2.75, 3.05) is 13.7 Å². The van der Waals surface area contributed by atoms with Gasteiger partial charge >= 0.3 is 5.97 Å². The van der Waals surface area contributed by atoms with Crippen LogP contribution < -0.4 is 9.47 Å². The second-order valence-corrected chi connectivity index (χ2v) is 5.57. The van der Waals surface area contributed by atoms with Crippen LogP contribution in [0.2, 0.25) is 5.02 Å². The van der Waals surface area contributed by atoms with Crippen LogP contribution in [0.15, 0.2) is 53.2 Å². The summed E-state index contributed by atoms with van der Waals surface area (Å²) in [6.07, 6.45) is 1.63. The zero-order valence-corrected chi connectivity index (χ0v) is 14.5. The van der Waals surface area contributed by atoms with Crippen molar-refractivity contribution < 1.29 is 19.0 Å². The Balaban J connectivity index is 1.94. The number of methoxy groups -OCH3 is 1. The number of ether oxygens (including phenoxy) is 3. The molecule has 25 heavy (non-hydrogen) atoms. The second kappa shape index (κ2) is 7.40. The van der Waals surface area contributed by atoms with Crippen LogP contribution in [0.25, 0.3) is 6.08 Å². The van der Waals surface area contributed by atoms with Crippen LogP contribution in [0.4, 0.5) is 0 Å². The number of carbonyl (C=O) groups is 1. The van der Waals surface area contributed by atoms with Crippen LogP contribution in [-0.4, -0.2) is 25.6 Å². The van der Waals surface area contributed by atoms with Gasteiger partial charge in [-0.2, -0.15) is 0 Å². The van der Waals surface area contributed by atoms with Gasteiger partial charge in [-0.1, -0.05) is 29.8 Å². The molecule has 1 aliphatic rings. The van der Waals surface area contributed by atoms with Gasteiger partial charge in [0, 0.05) is 0 Å². The molecule has 0 fully saturated rings. The van der Waals surface area contributed by atoms with Crippen molar-refractivity contribution in [3.63, 3.8) is 0 Å². The predicted octanol–water partition coefficient (Wildman–Crippen LogP) is 4.09. The molecule has 6 heteroatoms. The second-order valence-electron chi connectivity index (χ2n) is 5.16. The summed E-state index contributed by atoms with van der Waals surface area (Å²) in [6, 6.07) is 12.4. The minimum Gasteiger partial charge on any atom is -0.493 e. The third-order valence-corrected chi connectivity index (χ3v) is 3.85. The van der Waals surface area contributed by atoms with Gasteiger partial charge in [0.25, 0.3) is 0 Å². The molecule has 0 bridgehead atoms. The molecule has 0 N–H and O–H groups in total. The monoisotopic (exact) mass is 357 g/mol. The largest absolute Gasteiger partial charge is 0.493 e. The molecular weight excluding hydrogens is 342 g/mol. The van der Waals surface area contributed by atoms with Crippen molar-refractivity contribution in [2.24, 2.45) is 4.99 Å². The molecule has 5 nitrogen and oxygen atoms in total. The molecule has 0 saturated carbocycles. The number of esters is 1. The Morgan fingerprint density at radius 1 is 1.20 bits per heavy atom. The Kier molecular flexibility index (Phi) is 5.05. The molecule has 0 aliphatic carbocycles. The fourth-order valence-electron chi connectivity index (χ4n) is 2.37. The van der Waals surface area contributed by atoms with Gasteiger partial charge < -0.3 is 14.2 Å². The van der Waals surface area contributed by atoms with Gasteiger partial charge in [-0.05, 0) is 42.8 Å². The normalized spacial score (nSPS) is 15.1. The highest BCUT2D eigenvalue weighted by atomic mass is 35.5. The molecule has 128 valence electrons. The summed E-state index contributed by atoms with van der Waals surface area (Å²) in [5.41, 5.74) is 1.52. The lowest BCUT2D eigenvalue weighted by Gasteiger charge is -2.09. The Hall–Kier alpha value is -2.79. The summed E-state index contributed by atoms with van der Waals surface area (Å²) in [6.45, 7) is 2.40. The number of hydrogen-bond donors (Lipinski definition) is 0. The van der Waals surface area contributed by atoms with Crippen molar-refractivity contribution >= 4 is 29.5 Å². The standard InChI is InChI=1S/C19H16ClNO4/c1-3-24-17-11-12(8-9-16(17)23-2)10-15-19(22)25-18(21-15)13-6-4-5-7-14(13)20/h4-11H,3H2,1-2H3/b15-10-. The quantitative estimate of drug-likeness (QED) is 0.597. The lowest BCUT2D eigenvalue weighted by atomic mass is 10.1. The number of nitrogens with zero attached hydrogens (tertiary/aromatic N) is 1. The summed E-state index contributed by atoms with van der Waals surface area (Å²) in [7, 11) is 1.57. The van der Waals surface area contributed by atoms with E-state index in [-0.39, 0.29) is 11.6 Å². The van der Waals surface area contributed by atoms with E-state index < -0.39 is 5.97 Å². The van der Waals surface area contributed by atoms with E-state index >= 15 is 0 Å². The van der Waals surface area contributed by atoms with Crippen LogP contribution in [0.5, 0.6) is 11.5 Å². The average molecular weight is 358 g/mol. The first-order valence-corrected chi connectivity index (χ1v) is 8.08. The molecular formula is C19H16ClNO4. The molecule has 0 radical (unpaired) electrons. The number of benzene rings is 2. The molecule has 0 saturated heterocycles. The topological polar surface area (TPSA) is 57.1 Å². The molecule has 0 atom stereocenters. The van der Waals surface area contributed by atoms with Crippen molar-refractivity contribution in [1.82, 2.24) is 0 Å². The van der Waals surface area contributed by atoms with Crippen molar-refractivity contribution in [3.05, 3.63) is 64.3 Å². The van der Waals surface area contributed by atoms with Crippen molar-refractivity contribution in [3.8, 4) is 11.5 Å². The van der Waals surface area contributed by atoms with E-state index in [9.17, 15) is 4.79 Å². The smallest absolute Gasteiger partial charge is 0.363 e. The number of cyclic esters (lactones) is 1. The van der Waals surface area contributed by atoms with E-state index in [2.05, 4.69) is 4.99 Å². The highest BCUT2D eigenvalue weighted by Gasteiger charge is 2.25. The van der Waals surface area contributed by atoms with E-state index in [0.29, 0.717) is 28.7 Å². The summed E-state index contributed by atoms with van der Waals surface area (Å²) in [5.74, 6) is 0.892. The fourth-order valence-corrected chi connectivity index (χ4v) is 2.58. The average Bonchev–Trinajstić information content (AvgIpc) is 2.96. The molecule has 0 unspecified atom stereocenters. The Bertz CT molecular complexity index is 873. The van der Waals surface area contributed by atoms with Crippen LogP contribution in [0.3, 0.4) is 0 Å². The SMILES string of the molecule is CCOc1cc(/C=C2\N=C(c3ccccc3Cl)OC2=O)ccc1OC. The molecule has 1 aliphatic heterocycles. The molecule has 2 aromatic rings. The van der Waals surface area contributed by atoms with Crippen LogP contribution in [0.1, 0.15) is 18.1 Å². The summed E-state index contributed by atoms with van der Waals surface area (Å²) in [5, 5.41) is 0.471. The van der Waals surface area contributed by atoms with Crippen molar-refractivity contribution in [1.29, 1.82) is 0 Å². The summed E-state index contributed by atoms with van der Waals surface area (Å²) < 4.78 is 16.0. The number of hydrogen-bond acceptors (Lipinski definition) is 5. The number of aliphatic imine (C=N–C) groups is 1. The molecule has 2 aromatic carbocycles. The van der Waals surface area contributed by atoms with Crippen LogP contribution in [0, 0.1) is 0 Å². The third-order valence-electron chi connectivity index (χ3n) is 3.52. The first-order chi connectivity index (χ1) is 12.1. The summed E-state index contributed by atoms with van der Waals surface area (Å²) in [4.78, 5) is 16.4. The van der Waals surface area contributed by atoms with Crippen LogP contribution >= 0.6 is 11.6 Å².